The number of amides is 1. The molecule has 6 heteroatoms. The summed E-state index contributed by atoms with van der Waals surface area (Å²) in [4.78, 5) is 20.5. The van der Waals surface area contributed by atoms with Crippen molar-refractivity contribution in [3.8, 4) is 0 Å². The highest BCUT2D eigenvalue weighted by Crippen LogP contribution is 2.31. The number of carbonyl (C=O) groups excluding carboxylic acids is 1. The van der Waals surface area contributed by atoms with Gasteiger partial charge in [-0.25, -0.2) is 9.97 Å². The van der Waals surface area contributed by atoms with E-state index in [1.165, 1.54) is 32.1 Å². The van der Waals surface area contributed by atoms with Crippen molar-refractivity contribution in [2.45, 2.75) is 44.6 Å². The zero-order valence-electron chi connectivity index (χ0n) is 10.7. The van der Waals surface area contributed by atoms with Gasteiger partial charge >= 0.3 is 0 Å². The third-order valence-electron chi connectivity index (χ3n) is 3.91. The van der Waals surface area contributed by atoms with Crippen LogP contribution in [0.15, 0.2) is 10.8 Å². The monoisotopic (exact) mass is 324 g/mol. The standard InChI is InChI=1S/C13H17BrN4O/c14-10-7-15-11-12(17-10)16-9(13(19)18-11)6-8-4-2-1-3-5-8/h7-9H,1-6H2,(H,16,17)(H,15,18,19)/t9-/m1/s1. The predicted molar refractivity (Wildman–Crippen MR) is 77.0 cm³/mol. The fourth-order valence-corrected chi connectivity index (χ4v) is 3.20. The molecule has 19 heavy (non-hydrogen) atoms. The number of hydrogen-bond acceptors (Lipinski definition) is 4. The van der Waals surface area contributed by atoms with Crippen LogP contribution in [0.3, 0.4) is 0 Å². The minimum atomic E-state index is -0.181. The van der Waals surface area contributed by atoms with Crippen molar-refractivity contribution >= 4 is 33.5 Å². The average Bonchev–Trinajstić information content (AvgIpc) is 2.41. The van der Waals surface area contributed by atoms with Crippen molar-refractivity contribution < 1.29 is 4.79 Å². The van der Waals surface area contributed by atoms with E-state index in [0.717, 1.165) is 6.42 Å². The van der Waals surface area contributed by atoms with E-state index in [0.29, 0.717) is 22.2 Å². The molecule has 1 aliphatic carbocycles. The lowest BCUT2D eigenvalue weighted by Gasteiger charge is -2.29. The number of nitrogens with one attached hydrogen (secondary N) is 2. The minimum absolute atomic E-state index is 0.00898. The SMILES string of the molecule is O=C1Nc2ncc(Br)nc2N[C@@H]1CC1CCCCC1. The molecule has 0 saturated heterocycles. The van der Waals surface area contributed by atoms with Crippen molar-refractivity contribution in [3.05, 3.63) is 10.8 Å². The van der Waals surface area contributed by atoms with Crippen molar-refractivity contribution in [3.63, 3.8) is 0 Å². The lowest BCUT2D eigenvalue weighted by Crippen LogP contribution is -2.41. The molecule has 1 aromatic heterocycles. The average molecular weight is 325 g/mol. The Kier molecular flexibility index (Phi) is 3.68. The Morgan fingerprint density at radius 1 is 1.26 bits per heavy atom. The Balaban J connectivity index is 1.71. The fraction of sp³-hybridized carbons (Fsp3) is 0.615. The molecule has 102 valence electrons. The number of rotatable bonds is 2. The summed E-state index contributed by atoms with van der Waals surface area (Å²) in [6.07, 6.45) is 8.87. The van der Waals surface area contributed by atoms with Gasteiger partial charge in [0.1, 0.15) is 10.6 Å². The van der Waals surface area contributed by atoms with Gasteiger partial charge in [0.15, 0.2) is 11.6 Å². The van der Waals surface area contributed by atoms with Crippen molar-refractivity contribution in [1.82, 2.24) is 9.97 Å². The second-order valence-electron chi connectivity index (χ2n) is 5.32. The molecule has 1 saturated carbocycles. The highest BCUT2D eigenvalue weighted by atomic mass is 79.9. The summed E-state index contributed by atoms with van der Waals surface area (Å²) in [6.45, 7) is 0. The summed E-state index contributed by atoms with van der Waals surface area (Å²) < 4.78 is 0.673. The minimum Gasteiger partial charge on any atom is -0.355 e. The zero-order chi connectivity index (χ0) is 13.2. The molecule has 0 spiro atoms. The van der Waals surface area contributed by atoms with Crippen LogP contribution in [0.2, 0.25) is 0 Å². The Morgan fingerprint density at radius 2 is 2.05 bits per heavy atom. The summed E-state index contributed by atoms with van der Waals surface area (Å²) in [6, 6.07) is -0.181. The number of nitrogens with zero attached hydrogens (tertiary/aromatic N) is 2. The molecule has 1 atom stereocenters. The number of anilines is 2. The second-order valence-corrected chi connectivity index (χ2v) is 6.13. The third kappa shape index (κ3) is 2.88. The van der Waals surface area contributed by atoms with Gasteiger partial charge in [0.05, 0.1) is 6.20 Å². The molecule has 0 radical (unpaired) electrons. The number of fused-ring (bicyclic) bond motifs is 1. The first kappa shape index (κ1) is 12.8. The maximum Gasteiger partial charge on any atom is 0.248 e. The third-order valence-corrected chi connectivity index (χ3v) is 4.29. The number of halogens is 1. The van der Waals surface area contributed by atoms with Gasteiger partial charge in [0.25, 0.3) is 0 Å². The highest BCUT2D eigenvalue weighted by Gasteiger charge is 2.30. The van der Waals surface area contributed by atoms with Crippen molar-refractivity contribution in [2.24, 2.45) is 5.92 Å². The summed E-state index contributed by atoms with van der Waals surface area (Å²) in [5, 5.41) is 6.05. The molecule has 1 aromatic rings. The largest absolute Gasteiger partial charge is 0.355 e. The first-order chi connectivity index (χ1) is 9.22. The van der Waals surface area contributed by atoms with E-state index in [-0.39, 0.29) is 11.9 Å². The normalized spacial score (nSPS) is 23.4. The van der Waals surface area contributed by atoms with Crippen LogP contribution in [0.1, 0.15) is 38.5 Å². The summed E-state index contributed by atoms with van der Waals surface area (Å²) in [7, 11) is 0. The maximum atomic E-state index is 12.1. The Hall–Kier alpha value is -1.17. The van der Waals surface area contributed by atoms with Gasteiger partial charge in [-0.15, -0.1) is 0 Å². The molecule has 0 unspecified atom stereocenters. The first-order valence-electron chi connectivity index (χ1n) is 6.82. The molecule has 0 aromatic carbocycles. The fourth-order valence-electron chi connectivity index (χ4n) is 2.92. The molecule has 3 rings (SSSR count). The van der Waals surface area contributed by atoms with Crippen LogP contribution in [-0.2, 0) is 4.79 Å². The molecule has 1 fully saturated rings. The summed E-state index contributed by atoms with van der Waals surface area (Å²) in [5.41, 5.74) is 0. The smallest absolute Gasteiger partial charge is 0.248 e. The molecular formula is C13H17BrN4O. The highest BCUT2D eigenvalue weighted by molar-refractivity contribution is 9.10. The van der Waals surface area contributed by atoms with Crippen LogP contribution in [0.25, 0.3) is 0 Å². The maximum absolute atomic E-state index is 12.1. The summed E-state index contributed by atoms with van der Waals surface area (Å²) >= 11 is 3.30. The Labute approximate surface area is 120 Å². The molecule has 1 aliphatic heterocycles. The van der Waals surface area contributed by atoms with Gasteiger partial charge in [-0.3, -0.25) is 4.79 Å². The van der Waals surface area contributed by atoms with E-state index in [2.05, 4.69) is 36.5 Å². The molecule has 2 heterocycles. The molecule has 5 nitrogen and oxygen atoms in total. The van der Waals surface area contributed by atoms with Gasteiger partial charge < -0.3 is 10.6 Å². The van der Waals surface area contributed by atoms with Crippen molar-refractivity contribution in [1.29, 1.82) is 0 Å². The first-order valence-corrected chi connectivity index (χ1v) is 7.61. The molecular weight excluding hydrogens is 308 g/mol. The second kappa shape index (κ2) is 5.45. The lowest BCUT2D eigenvalue weighted by atomic mass is 9.84. The molecule has 2 aliphatic rings. The van der Waals surface area contributed by atoms with Gasteiger partial charge in [-0.1, -0.05) is 32.1 Å². The topological polar surface area (TPSA) is 66.9 Å². The van der Waals surface area contributed by atoms with E-state index in [4.69, 9.17) is 0 Å². The van der Waals surface area contributed by atoms with Gasteiger partial charge in [-0.2, -0.15) is 0 Å². The van der Waals surface area contributed by atoms with E-state index >= 15 is 0 Å². The van der Waals surface area contributed by atoms with Crippen LogP contribution in [0.5, 0.6) is 0 Å². The van der Waals surface area contributed by atoms with Gasteiger partial charge in [-0.05, 0) is 28.3 Å². The van der Waals surface area contributed by atoms with Crippen LogP contribution < -0.4 is 10.6 Å². The van der Waals surface area contributed by atoms with E-state index in [1.54, 1.807) is 6.20 Å². The predicted octanol–water partition coefficient (Wildman–Crippen LogP) is 2.94. The molecule has 0 bridgehead atoms. The Bertz CT molecular complexity index is 488. The molecule has 2 N–H and O–H groups in total. The number of carbonyl (C=O) groups is 1. The quantitative estimate of drug-likeness (QED) is 0.877. The van der Waals surface area contributed by atoms with Crippen LogP contribution >= 0.6 is 15.9 Å². The summed E-state index contributed by atoms with van der Waals surface area (Å²) in [5.74, 6) is 1.84. The Morgan fingerprint density at radius 3 is 2.84 bits per heavy atom. The van der Waals surface area contributed by atoms with Crippen molar-refractivity contribution in [2.75, 3.05) is 10.6 Å². The zero-order valence-corrected chi connectivity index (χ0v) is 12.2. The van der Waals surface area contributed by atoms with Gasteiger partial charge in [0, 0.05) is 0 Å². The van der Waals surface area contributed by atoms with E-state index in [9.17, 15) is 4.79 Å². The number of aromatic nitrogens is 2. The van der Waals surface area contributed by atoms with Crippen LogP contribution in [-0.4, -0.2) is 21.9 Å². The van der Waals surface area contributed by atoms with E-state index < -0.39 is 0 Å². The van der Waals surface area contributed by atoms with Gasteiger partial charge in [0.2, 0.25) is 5.91 Å². The van der Waals surface area contributed by atoms with E-state index in [1.807, 2.05) is 0 Å². The van der Waals surface area contributed by atoms with Crippen LogP contribution in [0, 0.1) is 5.92 Å². The molecule has 1 amide bonds. The number of hydrogen-bond donors (Lipinski definition) is 2. The lowest BCUT2D eigenvalue weighted by molar-refractivity contribution is -0.117. The van der Waals surface area contributed by atoms with Crippen LogP contribution in [0.4, 0.5) is 11.6 Å².